The fourth-order valence-corrected chi connectivity index (χ4v) is 7.02. The maximum absolute atomic E-state index is 13.3. The van der Waals surface area contributed by atoms with Gasteiger partial charge in [-0.2, -0.15) is 0 Å². The SMILES string of the molecule is COc1ccc(S(=O)(=O)C2CCN(c3nc(Cc4ccc(OC)c(OC)c4)cs3)CC2)c(OC)c1. The van der Waals surface area contributed by atoms with E-state index >= 15 is 0 Å². The average Bonchev–Trinajstić information content (AvgIpc) is 3.36. The molecule has 2 heterocycles. The molecule has 0 bridgehead atoms. The highest BCUT2D eigenvalue weighted by molar-refractivity contribution is 7.92. The summed E-state index contributed by atoms with van der Waals surface area (Å²) in [7, 11) is 2.72. The van der Waals surface area contributed by atoms with Gasteiger partial charge in [0, 0.05) is 31.0 Å². The molecule has 1 aromatic heterocycles. The van der Waals surface area contributed by atoms with E-state index in [1.54, 1.807) is 43.8 Å². The Labute approximate surface area is 210 Å². The number of ether oxygens (including phenoxy) is 4. The fourth-order valence-electron chi connectivity index (χ4n) is 4.27. The van der Waals surface area contributed by atoms with Crippen LogP contribution in [0.1, 0.15) is 24.1 Å². The maximum atomic E-state index is 13.3. The van der Waals surface area contributed by atoms with Gasteiger partial charge in [-0.3, -0.25) is 0 Å². The Morgan fingerprint density at radius 1 is 0.914 bits per heavy atom. The van der Waals surface area contributed by atoms with Gasteiger partial charge in [0.2, 0.25) is 0 Å². The van der Waals surface area contributed by atoms with Crippen LogP contribution in [-0.4, -0.2) is 60.2 Å². The summed E-state index contributed by atoms with van der Waals surface area (Å²) >= 11 is 1.58. The second-order valence-corrected chi connectivity index (χ2v) is 11.3. The zero-order chi connectivity index (χ0) is 25.0. The number of rotatable bonds is 9. The lowest BCUT2D eigenvalue weighted by Crippen LogP contribution is -2.39. The first-order valence-electron chi connectivity index (χ1n) is 11.3. The molecule has 10 heteroatoms. The zero-order valence-corrected chi connectivity index (χ0v) is 21.9. The summed E-state index contributed by atoms with van der Waals surface area (Å²) in [4.78, 5) is 7.19. The van der Waals surface area contributed by atoms with Crippen molar-refractivity contribution in [3.63, 3.8) is 0 Å². The van der Waals surface area contributed by atoms with Gasteiger partial charge in [0.1, 0.15) is 16.4 Å². The van der Waals surface area contributed by atoms with Gasteiger partial charge in [0.25, 0.3) is 0 Å². The Morgan fingerprint density at radius 3 is 2.29 bits per heavy atom. The van der Waals surface area contributed by atoms with Crippen molar-refractivity contribution in [3.05, 3.63) is 53.0 Å². The van der Waals surface area contributed by atoms with E-state index in [4.69, 9.17) is 23.9 Å². The topological polar surface area (TPSA) is 87.2 Å². The van der Waals surface area contributed by atoms with Crippen LogP contribution in [0.3, 0.4) is 0 Å². The molecule has 0 spiro atoms. The second kappa shape index (κ2) is 10.7. The molecule has 8 nitrogen and oxygen atoms in total. The molecule has 0 atom stereocenters. The summed E-state index contributed by atoms with van der Waals surface area (Å²) in [5.74, 6) is 2.26. The van der Waals surface area contributed by atoms with Crippen molar-refractivity contribution >= 4 is 26.3 Å². The van der Waals surface area contributed by atoms with Crippen LogP contribution in [0.2, 0.25) is 0 Å². The summed E-state index contributed by atoms with van der Waals surface area (Å²) in [5.41, 5.74) is 2.05. The highest BCUT2D eigenvalue weighted by atomic mass is 32.2. The number of sulfone groups is 1. The number of piperidine rings is 1. The molecule has 2 aromatic carbocycles. The number of benzene rings is 2. The van der Waals surface area contributed by atoms with E-state index in [9.17, 15) is 8.42 Å². The molecule has 188 valence electrons. The summed E-state index contributed by atoms with van der Waals surface area (Å²) in [5, 5.41) is 2.50. The number of hydrogen-bond donors (Lipinski definition) is 0. The molecule has 0 saturated carbocycles. The van der Waals surface area contributed by atoms with Gasteiger partial charge in [-0.15, -0.1) is 11.3 Å². The van der Waals surface area contributed by atoms with Gasteiger partial charge in [-0.1, -0.05) is 6.07 Å². The number of hydrogen-bond acceptors (Lipinski definition) is 9. The molecule has 35 heavy (non-hydrogen) atoms. The molecule has 0 amide bonds. The van der Waals surface area contributed by atoms with Crippen molar-refractivity contribution in [3.8, 4) is 23.0 Å². The molecule has 0 radical (unpaired) electrons. The van der Waals surface area contributed by atoms with Crippen LogP contribution >= 0.6 is 11.3 Å². The van der Waals surface area contributed by atoms with Gasteiger partial charge in [0.15, 0.2) is 26.5 Å². The lowest BCUT2D eigenvalue weighted by molar-refractivity contribution is 0.354. The monoisotopic (exact) mass is 518 g/mol. The Hall–Kier alpha value is -2.98. The standard InChI is InChI=1S/C25H30N2O6S2/c1-30-19-6-8-24(23(15-19)33-4)35(28,29)20-9-11-27(12-10-20)25-26-18(16-34-25)13-17-5-7-21(31-2)22(14-17)32-3/h5-8,14-16,20H,9-13H2,1-4H3. The lowest BCUT2D eigenvalue weighted by atomic mass is 10.1. The second-order valence-electron chi connectivity index (χ2n) is 8.24. The molecular weight excluding hydrogens is 488 g/mol. The van der Waals surface area contributed by atoms with Gasteiger partial charge in [0.05, 0.1) is 39.4 Å². The quantitative estimate of drug-likeness (QED) is 0.416. The van der Waals surface area contributed by atoms with Crippen molar-refractivity contribution in [2.24, 2.45) is 0 Å². The molecule has 1 aliphatic rings. The summed E-state index contributed by atoms with van der Waals surface area (Å²) in [6.45, 7) is 1.26. The first-order chi connectivity index (χ1) is 16.9. The highest BCUT2D eigenvalue weighted by Gasteiger charge is 2.34. The first kappa shape index (κ1) is 25.1. The minimum atomic E-state index is -3.53. The first-order valence-corrected chi connectivity index (χ1v) is 13.7. The third kappa shape index (κ3) is 5.33. The van der Waals surface area contributed by atoms with Crippen molar-refractivity contribution in [2.45, 2.75) is 29.4 Å². The third-order valence-corrected chi connectivity index (χ3v) is 9.45. The number of anilines is 1. The highest BCUT2D eigenvalue weighted by Crippen LogP contribution is 2.35. The van der Waals surface area contributed by atoms with Crippen LogP contribution in [-0.2, 0) is 16.3 Å². The van der Waals surface area contributed by atoms with Crippen LogP contribution in [0.4, 0.5) is 5.13 Å². The lowest BCUT2D eigenvalue weighted by Gasteiger charge is -2.31. The maximum Gasteiger partial charge on any atom is 0.185 e. The van der Waals surface area contributed by atoms with Crippen molar-refractivity contribution < 1.29 is 27.4 Å². The van der Waals surface area contributed by atoms with Gasteiger partial charge in [-0.05, 0) is 42.7 Å². The third-order valence-electron chi connectivity index (χ3n) is 6.20. The summed E-state index contributed by atoms with van der Waals surface area (Å²) in [6, 6.07) is 10.7. The molecule has 0 aliphatic carbocycles. The molecule has 0 unspecified atom stereocenters. The molecule has 4 rings (SSSR count). The van der Waals surface area contributed by atoms with Gasteiger partial charge >= 0.3 is 0 Å². The number of aromatic nitrogens is 1. The summed E-state index contributed by atoms with van der Waals surface area (Å²) < 4.78 is 47.9. The number of methoxy groups -OCH3 is 4. The predicted molar refractivity (Wildman–Crippen MR) is 136 cm³/mol. The minimum Gasteiger partial charge on any atom is -0.497 e. The van der Waals surface area contributed by atoms with Gasteiger partial charge in [-0.25, -0.2) is 13.4 Å². The Balaban J connectivity index is 1.42. The van der Waals surface area contributed by atoms with E-state index in [1.807, 2.05) is 18.2 Å². The van der Waals surface area contributed by atoms with E-state index in [1.165, 1.54) is 14.2 Å². The predicted octanol–water partition coefficient (Wildman–Crippen LogP) is 4.21. The van der Waals surface area contributed by atoms with Crippen LogP contribution in [0.5, 0.6) is 23.0 Å². The van der Waals surface area contributed by atoms with Crippen LogP contribution in [0.25, 0.3) is 0 Å². The number of nitrogens with zero attached hydrogens (tertiary/aromatic N) is 2. The van der Waals surface area contributed by atoms with E-state index in [0.717, 1.165) is 16.4 Å². The van der Waals surface area contributed by atoms with E-state index < -0.39 is 15.1 Å². The Kier molecular flexibility index (Phi) is 7.71. The van der Waals surface area contributed by atoms with Crippen LogP contribution in [0, 0.1) is 0 Å². The largest absolute Gasteiger partial charge is 0.497 e. The molecule has 0 N–H and O–H groups in total. The average molecular weight is 519 g/mol. The van der Waals surface area contributed by atoms with Crippen molar-refractivity contribution in [1.29, 1.82) is 0 Å². The number of thiazole rings is 1. The minimum absolute atomic E-state index is 0.214. The molecule has 1 fully saturated rings. The van der Waals surface area contributed by atoms with Crippen LogP contribution in [0.15, 0.2) is 46.7 Å². The van der Waals surface area contributed by atoms with E-state index in [0.29, 0.717) is 55.4 Å². The van der Waals surface area contributed by atoms with Crippen molar-refractivity contribution in [1.82, 2.24) is 4.98 Å². The Bertz CT molecular complexity index is 1270. The zero-order valence-electron chi connectivity index (χ0n) is 20.3. The molecule has 1 saturated heterocycles. The molecule has 3 aromatic rings. The molecular formula is C25H30N2O6S2. The molecule has 1 aliphatic heterocycles. The summed E-state index contributed by atoms with van der Waals surface area (Å²) in [6.07, 6.45) is 1.74. The smallest absolute Gasteiger partial charge is 0.185 e. The van der Waals surface area contributed by atoms with Crippen molar-refractivity contribution in [2.75, 3.05) is 46.4 Å². The Morgan fingerprint density at radius 2 is 1.63 bits per heavy atom. The van der Waals surface area contributed by atoms with Crippen LogP contribution < -0.4 is 23.8 Å². The van der Waals surface area contributed by atoms with E-state index in [-0.39, 0.29) is 4.90 Å². The normalized spacial score (nSPS) is 14.6. The fraction of sp³-hybridized carbons (Fsp3) is 0.400. The van der Waals surface area contributed by atoms with E-state index in [2.05, 4.69) is 10.3 Å². The van der Waals surface area contributed by atoms with Gasteiger partial charge < -0.3 is 23.8 Å².